The second-order valence-electron chi connectivity index (χ2n) is 6.55. The van der Waals surface area contributed by atoms with Gasteiger partial charge in [-0.25, -0.2) is 4.98 Å². The number of benzene rings is 1. The van der Waals surface area contributed by atoms with Crippen molar-refractivity contribution in [2.45, 2.75) is 25.9 Å². The van der Waals surface area contributed by atoms with Crippen LogP contribution in [0.3, 0.4) is 0 Å². The number of aromatic nitrogens is 3. The minimum absolute atomic E-state index is 0.165. The van der Waals surface area contributed by atoms with Crippen LogP contribution in [0.2, 0.25) is 5.02 Å². The maximum absolute atomic E-state index is 11.0. The van der Waals surface area contributed by atoms with Crippen LogP contribution < -0.4 is 10.6 Å². The van der Waals surface area contributed by atoms with Gasteiger partial charge in [0.25, 0.3) is 0 Å². The summed E-state index contributed by atoms with van der Waals surface area (Å²) in [6, 6.07) is 7.55. The largest absolute Gasteiger partial charge is 0.377 e. The number of rotatable bonds is 3. The van der Waals surface area contributed by atoms with E-state index >= 15 is 0 Å². The van der Waals surface area contributed by atoms with Gasteiger partial charge < -0.3 is 20.3 Å². The Balaban J connectivity index is 1.78. The molecular formula is C18H18ClN5O2. The van der Waals surface area contributed by atoms with Gasteiger partial charge in [0.05, 0.1) is 11.9 Å². The number of halogens is 1. The van der Waals surface area contributed by atoms with Crippen LogP contribution >= 0.6 is 11.6 Å². The van der Waals surface area contributed by atoms with Crippen LogP contribution in [0.15, 0.2) is 35.0 Å². The molecule has 0 bridgehead atoms. The second kappa shape index (κ2) is 5.96. The minimum Gasteiger partial charge on any atom is -0.377 e. The van der Waals surface area contributed by atoms with E-state index in [1.807, 2.05) is 30.0 Å². The van der Waals surface area contributed by atoms with Crippen molar-refractivity contribution in [3.63, 3.8) is 0 Å². The van der Waals surface area contributed by atoms with Crippen molar-refractivity contribution < 1.29 is 9.63 Å². The lowest BCUT2D eigenvalue weighted by Gasteiger charge is -2.24. The monoisotopic (exact) mass is 371 g/mol. The Labute approximate surface area is 155 Å². The molecule has 0 fully saturated rings. The van der Waals surface area contributed by atoms with Gasteiger partial charge in [0.1, 0.15) is 10.6 Å². The fourth-order valence-corrected chi connectivity index (χ4v) is 3.39. The van der Waals surface area contributed by atoms with Crippen LogP contribution in [0.1, 0.15) is 29.5 Å². The third-order valence-electron chi connectivity index (χ3n) is 4.65. The summed E-state index contributed by atoms with van der Waals surface area (Å²) in [5, 5.41) is 15.3. The molecule has 1 atom stereocenters. The van der Waals surface area contributed by atoms with Gasteiger partial charge >= 0.3 is 0 Å². The highest BCUT2D eigenvalue weighted by Gasteiger charge is 2.33. The van der Waals surface area contributed by atoms with Crippen LogP contribution in [-0.2, 0) is 12.0 Å². The smallest absolute Gasteiger partial charge is 0.222 e. The molecule has 26 heavy (non-hydrogen) atoms. The molecule has 3 aromatic rings. The molecule has 3 heterocycles. The Kier molecular flexibility index (Phi) is 3.86. The summed E-state index contributed by atoms with van der Waals surface area (Å²) in [5.74, 6) is 1.12. The molecule has 1 aromatic carbocycles. The Bertz CT molecular complexity index is 985. The SMILES string of the molecule is Cc1cc([C@@](C)(O)c2ccc3c(c2)N(c2nc(N)ncc2Cl)CC3)on1. The summed E-state index contributed by atoms with van der Waals surface area (Å²) in [7, 11) is 0. The molecule has 1 aliphatic heterocycles. The summed E-state index contributed by atoms with van der Waals surface area (Å²) >= 11 is 6.28. The van der Waals surface area contributed by atoms with Crippen molar-refractivity contribution in [3.8, 4) is 0 Å². The van der Waals surface area contributed by atoms with Gasteiger partial charge in [0.2, 0.25) is 5.95 Å². The summed E-state index contributed by atoms with van der Waals surface area (Å²) < 4.78 is 5.28. The summed E-state index contributed by atoms with van der Waals surface area (Å²) in [5.41, 5.74) is 7.90. The Morgan fingerprint density at radius 2 is 2.15 bits per heavy atom. The van der Waals surface area contributed by atoms with E-state index in [1.165, 1.54) is 6.20 Å². The predicted octanol–water partition coefficient (Wildman–Crippen LogP) is 2.96. The number of nitrogens with zero attached hydrogens (tertiary/aromatic N) is 4. The zero-order valence-electron chi connectivity index (χ0n) is 14.4. The third-order valence-corrected chi connectivity index (χ3v) is 4.92. The molecule has 0 saturated heterocycles. The van der Waals surface area contributed by atoms with Crippen LogP contribution in [0.25, 0.3) is 0 Å². The third kappa shape index (κ3) is 2.69. The van der Waals surface area contributed by atoms with Crippen LogP contribution in [0, 0.1) is 6.92 Å². The van der Waals surface area contributed by atoms with E-state index in [1.54, 1.807) is 13.0 Å². The highest BCUT2D eigenvalue weighted by molar-refractivity contribution is 6.33. The van der Waals surface area contributed by atoms with Gasteiger partial charge in [-0.2, -0.15) is 4.98 Å². The van der Waals surface area contributed by atoms with E-state index in [9.17, 15) is 5.11 Å². The molecule has 134 valence electrons. The molecule has 7 nitrogen and oxygen atoms in total. The van der Waals surface area contributed by atoms with Gasteiger partial charge in [-0.05, 0) is 37.5 Å². The lowest BCUT2D eigenvalue weighted by atomic mass is 9.91. The lowest BCUT2D eigenvalue weighted by Crippen LogP contribution is -2.23. The van der Waals surface area contributed by atoms with Crippen molar-refractivity contribution in [2.24, 2.45) is 0 Å². The molecule has 0 unspecified atom stereocenters. The topological polar surface area (TPSA) is 101 Å². The van der Waals surface area contributed by atoms with Crippen LogP contribution in [-0.4, -0.2) is 26.8 Å². The predicted molar refractivity (Wildman–Crippen MR) is 98.5 cm³/mol. The zero-order chi connectivity index (χ0) is 18.5. The number of aliphatic hydroxyl groups is 1. The Morgan fingerprint density at radius 1 is 1.35 bits per heavy atom. The van der Waals surface area contributed by atoms with E-state index in [2.05, 4.69) is 15.1 Å². The number of anilines is 3. The van der Waals surface area contributed by atoms with Crippen LogP contribution in [0.4, 0.5) is 17.5 Å². The van der Waals surface area contributed by atoms with Gasteiger partial charge in [-0.3, -0.25) is 0 Å². The number of aryl methyl sites for hydroxylation is 1. The summed E-state index contributed by atoms with van der Waals surface area (Å²) in [4.78, 5) is 10.2. The van der Waals surface area contributed by atoms with Crippen molar-refractivity contribution in [1.82, 2.24) is 15.1 Å². The number of hydrogen-bond acceptors (Lipinski definition) is 7. The lowest BCUT2D eigenvalue weighted by molar-refractivity contribution is 0.0694. The van der Waals surface area contributed by atoms with E-state index in [0.29, 0.717) is 27.9 Å². The molecule has 0 saturated carbocycles. The zero-order valence-corrected chi connectivity index (χ0v) is 15.2. The van der Waals surface area contributed by atoms with E-state index in [-0.39, 0.29) is 5.95 Å². The fraction of sp³-hybridized carbons (Fsp3) is 0.278. The number of fused-ring (bicyclic) bond motifs is 1. The average molecular weight is 372 g/mol. The van der Waals surface area contributed by atoms with E-state index < -0.39 is 5.60 Å². The van der Waals surface area contributed by atoms with Crippen molar-refractivity contribution in [1.29, 1.82) is 0 Å². The summed E-state index contributed by atoms with van der Waals surface area (Å²) in [6.45, 7) is 4.22. The fourth-order valence-electron chi connectivity index (χ4n) is 3.20. The molecule has 4 rings (SSSR count). The first-order valence-corrected chi connectivity index (χ1v) is 8.59. The molecule has 1 aliphatic rings. The molecule has 0 spiro atoms. The van der Waals surface area contributed by atoms with Crippen LogP contribution in [0.5, 0.6) is 0 Å². The molecule has 0 aliphatic carbocycles. The maximum Gasteiger partial charge on any atom is 0.222 e. The molecular weight excluding hydrogens is 354 g/mol. The van der Waals surface area contributed by atoms with Gasteiger partial charge in [-0.1, -0.05) is 28.9 Å². The van der Waals surface area contributed by atoms with Crippen molar-refractivity contribution in [3.05, 3.63) is 58.1 Å². The Morgan fingerprint density at radius 3 is 2.88 bits per heavy atom. The van der Waals surface area contributed by atoms with Gasteiger partial charge in [0.15, 0.2) is 11.6 Å². The molecule has 0 amide bonds. The highest BCUT2D eigenvalue weighted by atomic mass is 35.5. The second-order valence-corrected chi connectivity index (χ2v) is 6.96. The number of nitrogen functional groups attached to an aromatic ring is 1. The molecule has 8 heteroatoms. The first-order valence-electron chi connectivity index (χ1n) is 8.21. The van der Waals surface area contributed by atoms with Crippen molar-refractivity contribution >= 4 is 29.1 Å². The quantitative estimate of drug-likeness (QED) is 0.729. The van der Waals surface area contributed by atoms with Gasteiger partial charge in [-0.15, -0.1) is 0 Å². The average Bonchev–Trinajstić information content (AvgIpc) is 3.23. The minimum atomic E-state index is -1.31. The summed E-state index contributed by atoms with van der Waals surface area (Å²) in [6.07, 6.45) is 2.34. The molecule has 0 radical (unpaired) electrons. The number of nitrogens with two attached hydrogens (primary N) is 1. The van der Waals surface area contributed by atoms with Gasteiger partial charge in [0, 0.05) is 18.3 Å². The first-order chi connectivity index (χ1) is 12.4. The Hall–Kier alpha value is -2.64. The molecule has 2 aromatic heterocycles. The van der Waals surface area contributed by atoms with E-state index in [4.69, 9.17) is 21.9 Å². The van der Waals surface area contributed by atoms with Crippen molar-refractivity contribution in [2.75, 3.05) is 17.2 Å². The highest BCUT2D eigenvalue weighted by Crippen LogP contribution is 2.40. The molecule has 3 N–H and O–H groups in total. The number of hydrogen-bond donors (Lipinski definition) is 2. The normalized spacial score (nSPS) is 15.8. The van der Waals surface area contributed by atoms with E-state index in [0.717, 1.165) is 24.2 Å². The maximum atomic E-state index is 11.0. The first kappa shape index (κ1) is 16.8. The standard InChI is InChI=1S/C18H18ClN5O2/c1-10-7-15(26-23-10)18(2,25)12-4-3-11-5-6-24(14(11)8-12)16-13(19)9-21-17(20)22-16/h3-4,7-9,25H,5-6H2,1-2H3,(H2,20,21,22)/t18-/m0/s1.